The summed E-state index contributed by atoms with van der Waals surface area (Å²) in [6, 6.07) is 10.5. The van der Waals surface area contributed by atoms with E-state index in [4.69, 9.17) is 11.0 Å². The lowest BCUT2D eigenvalue weighted by Crippen LogP contribution is -2.11. The van der Waals surface area contributed by atoms with Crippen molar-refractivity contribution in [3.05, 3.63) is 45.6 Å². The second-order valence-electron chi connectivity index (χ2n) is 3.78. The Bertz CT molecular complexity index is 640. The first-order valence-electron chi connectivity index (χ1n) is 5.27. The molecule has 5 heteroatoms. The van der Waals surface area contributed by atoms with Gasteiger partial charge in [0.25, 0.3) is 5.91 Å². The Kier molecular flexibility index (Phi) is 3.31. The molecule has 0 saturated carbocycles. The Morgan fingerprint density at radius 1 is 1.39 bits per heavy atom. The fourth-order valence-electron chi connectivity index (χ4n) is 1.50. The van der Waals surface area contributed by atoms with Crippen molar-refractivity contribution in [2.75, 3.05) is 11.1 Å². The van der Waals surface area contributed by atoms with E-state index in [1.807, 2.05) is 19.1 Å². The lowest BCUT2D eigenvalue weighted by molar-refractivity contribution is 0.103. The van der Waals surface area contributed by atoms with Crippen LogP contribution in [0.4, 0.5) is 11.4 Å². The minimum absolute atomic E-state index is 0.214. The number of nitrogen functional groups attached to an aromatic ring is 1. The average Bonchev–Trinajstić information content (AvgIpc) is 2.78. The second kappa shape index (κ2) is 4.90. The normalized spacial score (nSPS) is 9.78. The van der Waals surface area contributed by atoms with Gasteiger partial charge in [-0.2, -0.15) is 5.26 Å². The van der Waals surface area contributed by atoms with Gasteiger partial charge >= 0.3 is 0 Å². The summed E-state index contributed by atoms with van der Waals surface area (Å²) >= 11 is 1.41. The van der Waals surface area contributed by atoms with E-state index < -0.39 is 0 Å². The number of carbonyl (C=O) groups is 1. The molecule has 1 heterocycles. The van der Waals surface area contributed by atoms with Crippen LogP contribution in [0, 0.1) is 18.3 Å². The third-order valence-electron chi connectivity index (χ3n) is 2.38. The summed E-state index contributed by atoms with van der Waals surface area (Å²) in [6.07, 6.45) is 0. The van der Waals surface area contributed by atoms with Crippen molar-refractivity contribution < 1.29 is 4.79 Å². The van der Waals surface area contributed by atoms with Crippen molar-refractivity contribution in [1.82, 2.24) is 0 Å². The maximum Gasteiger partial charge on any atom is 0.265 e. The van der Waals surface area contributed by atoms with Crippen LogP contribution in [0.25, 0.3) is 0 Å². The van der Waals surface area contributed by atoms with Gasteiger partial charge in [-0.05, 0) is 37.3 Å². The highest BCUT2D eigenvalue weighted by atomic mass is 32.1. The average molecular weight is 257 g/mol. The number of nitriles is 1. The molecule has 0 atom stereocenters. The standard InChI is InChI=1S/C13H11N3OS/c1-8-2-5-12(18-8)13(17)16-11-4-3-10(15)6-9(11)7-14/h2-6H,15H2,1H3,(H,16,17). The molecule has 1 amide bonds. The zero-order valence-corrected chi connectivity index (χ0v) is 10.5. The molecule has 3 N–H and O–H groups in total. The van der Waals surface area contributed by atoms with Crippen LogP contribution < -0.4 is 11.1 Å². The number of nitrogens with two attached hydrogens (primary N) is 1. The molecule has 0 saturated heterocycles. The van der Waals surface area contributed by atoms with Crippen molar-refractivity contribution in [3.63, 3.8) is 0 Å². The topological polar surface area (TPSA) is 78.9 Å². The quantitative estimate of drug-likeness (QED) is 0.812. The summed E-state index contributed by atoms with van der Waals surface area (Å²) in [5.74, 6) is -0.214. The van der Waals surface area contributed by atoms with Gasteiger partial charge in [-0.3, -0.25) is 4.79 Å². The summed E-state index contributed by atoms with van der Waals surface area (Å²) in [4.78, 5) is 13.6. The van der Waals surface area contributed by atoms with Gasteiger partial charge in [0.1, 0.15) is 6.07 Å². The molecule has 4 nitrogen and oxygen atoms in total. The van der Waals surface area contributed by atoms with Crippen molar-refractivity contribution in [2.45, 2.75) is 6.92 Å². The Labute approximate surface area is 109 Å². The van der Waals surface area contributed by atoms with Crippen molar-refractivity contribution in [1.29, 1.82) is 5.26 Å². The summed E-state index contributed by atoms with van der Waals surface area (Å²) < 4.78 is 0. The molecule has 0 bridgehead atoms. The Morgan fingerprint density at radius 2 is 2.17 bits per heavy atom. The number of thiophene rings is 1. The van der Waals surface area contributed by atoms with E-state index in [1.165, 1.54) is 17.4 Å². The van der Waals surface area contributed by atoms with E-state index in [2.05, 4.69) is 5.32 Å². The minimum atomic E-state index is -0.214. The molecular formula is C13H11N3OS. The molecule has 0 aliphatic rings. The van der Waals surface area contributed by atoms with Gasteiger partial charge in [0.05, 0.1) is 16.1 Å². The summed E-state index contributed by atoms with van der Waals surface area (Å²) in [6.45, 7) is 1.94. The van der Waals surface area contributed by atoms with Crippen LogP contribution in [-0.2, 0) is 0 Å². The molecule has 0 spiro atoms. The highest BCUT2D eigenvalue weighted by molar-refractivity contribution is 7.14. The van der Waals surface area contributed by atoms with Gasteiger partial charge in [-0.15, -0.1) is 11.3 Å². The molecule has 0 aliphatic heterocycles. The fraction of sp³-hybridized carbons (Fsp3) is 0.0769. The summed E-state index contributed by atoms with van der Waals surface area (Å²) in [5.41, 5.74) is 6.92. The number of anilines is 2. The zero-order valence-electron chi connectivity index (χ0n) is 9.73. The van der Waals surface area contributed by atoms with Crippen LogP contribution >= 0.6 is 11.3 Å². The van der Waals surface area contributed by atoms with Crippen LogP contribution in [0.2, 0.25) is 0 Å². The Balaban J connectivity index is 2.25. The largest absolute Gasteiger partial charge is 0.399 e. The van der Waals surface area contributed by atoms with E-state index in [0.717, 1.165) is 4.88 Å². The van der Waals surface area contributed by atoms with Crippen molar-refractivity contribution in [2.24, 2.45) is 0 Å². The van der Waals surface area contributed by atoms with Gasteiger partial charge in [0.15, 0.2) is 0 Å². The predicted octanol–water partition coefficient (Wildman–Crippen LogP) is 2.76. The van der Waals surface area contributed by atoms with E-state index in [-0.39, 0.29) is 5.91 Å². The second-order valence-corrected chi connectivity index (χ2v) is 5.07. The number of hydrogen-bond acceptors (Lipinski definition) is 4. The molecule has 90 valence electrons. The number of aryl methyl sites for hydroxylation is 1. The van der Waals surface area contributed by atoms with Gasteiger partial charge in [0.2, 0.25) is 0 Å². The van der Waals surface area contributed by atoms with E-state index in [0.29, 0.717) is 21.8 Å². The van der Waals surface area contributed by atoms with E-state index in [9.17, 15) is 4.79 Å². The lowest BCUT2D eigenvalue weighted by Gasteiger charge is -2.06. The molecule has 1 aromatic heterocycles. The first kappa shape index (κ1) is 12.1. The van der Waals surface area contributed by atoms with Crippen LogP contribution in [0.5, 0.6) is 0 Å². The number of rotatable bonds is 2. The number of nitrogens with one attached hydrogen (secondary N) is 1. The first-order chi connectivity index (χ1) is 8.60. The maximum atomic E-state index is 11.9. The lowest BCUT2D eigenvalue weighted by atomic mass is 10.1. The third-order valence-corrected chi connectivity index (χ3v) is 3.38. The summed E-state index contributed by atoms with van der Waals surface area (Å²) in [7, 11) is 0. The Hall–Kier alpha value is -2.32. The molecular weight excluding hydrogens is 246 g/mol. The van der Waals surface area contributed by atoms with Crippen molar-refractivity contribution in [3.8, 4) is 6.07 Å². The number of amides is 1. The minimum Gasteiger partial charge on any atom is -0.399 e. The SMILES string of the molecule is Cc1ccc(C(=O)Nc2ccc(N)cc2C#N)s1. The predicted molar refractivity (Wildman–Crippen MR) is 72.6 cm³/mol. The smallest absolute Gasteiger partial charge is 0.265 e. The van der Waals surface area contributed by atoms with Gasteiger partial charge in [-0.1, -0.05) is 0 Å². The molecule has 2 aromatic rings. The molecule has 1 aromatic carbocycles. The molecule has 0 fully saturated rings. The van der Waals surface area contributed by atoms with E-state index >= 15 is 0 Å². The van der Waals surface area contributed by atoms with Crippen LogP contribution in [0.3, 0.4) is 0 Å². The van der Waals surface area contributed by atoms with Gasteiger partial charge in [0, 0.05) is 10.6 Å². The number of carbonyl (C=O) groups excluding carboxylic acids is 1. The van der Waals surface area contributed by atoms with Crippen LogP contribution in [0.15, 0.2) is 30.3 Å². The Morgan fingerprint density at radius 3 is 2.78 bits per heavy atom. The third kappa shape index (κ3) is 2.50. The van der Waals surface area contributed by atoms with Gasteiger partial charge < -0.3 is 11.1 Å². The van der Waals surface area contributed by atoms with Gasteiger partial charge in [-0.25, -0.2) is 0 Å². The number of nitrogens with zero attached hydrogens (tertiary/aromatic N) is 1. The highest BCUT2D eigenvalue weighted by Crippen LogP contribution is 2.21. The molecule has 0 radical (unpaired) electrons. The fourth-order valence-corrected chi connectivity index (χ4v) is 2.27. The molecule has 18 heavy (non-hydrogen) atoms. The summed E-state index contributed by atoms with van der Waals surface area (Å²) in [5, 5.41) is 11.7. The maximum absolute atomic E-state index is 11.9. The monoisotopic (exact) mass is 257 g/mol. The highest BCUT2D eigenvalue weighted by Gasteiger charge is 2.10. The first-order valence-corrected chi connectivity index (χ1v) is 6.09. The van der Waals surface area contributed by atoms with Crippen LogP contribution in [0.1, 0.15) is 20.1 Å². The number of hydrogen-bond donors (Lipinski definition) is 2. The molecule has 2 rings (SSSR count). The number of benzene rings is 1. The van der Waals surface area contributed by atoms with Crippen LogP contribution in [-0.4, -0.2) is 5.91 Å². The molecule has 0 unspecified atom stereocenters. The molecule has 0 aliphatic carbocycles. The van der Waals surface area contributed by atoms with E-state index in [1.54, 1.807) is 18.2 Å². The van der Waals surface area contributed by atoms with Crippen molar-refractivity contribution >= 4 is 28.6 Å². The zero-order chi connectivity index (χ0) is 13.1.